The highest BCUT2D eigenvalue weighted by molar-refractivity contribution is 7.89. The second-order valence-electron chi connectivity index (χ2n) is 4.75. The minimum atomic E-state index is -3.64. The van der Waals surface area contributed by atoms with E-state index < -0.39 is 15.8 Å². The second kappa shape index (κ2) is 8.61. The van der Waals surface area contributed by atoms with E-state index in [-0.39, 0.29) is 25.4 Å². The molecule has 0 aliphatic rings. The Morgan fingerprint density at radius 3 is 2.39 bits per heavy atom. The second-order valence-corrected chi connectivity index (χ2v) is 6.56. The van der Waals surface area contributed by atoms with Crippen LogP contribution in [0.15, 0.2) is 54.6 Å². The summed E-state index contributed by atoms with van der Waals surface area (Å²) in [6, 6.07) is 15.2. The first kappa shape index (κ1) is 17.4. The van der Waals surface area contributed by atoms with E-state index >= 15 is 0 Å². The Morgan fingerprint density at radius 1 is 0.957 bits per heavy atom. The van der Waals surface area contributed by atoms with Crippen molar-refractivity contribution >= 4 is 10.0 Å². The maximum Gasteiger partial charge on any atom is 0.233 e. The molecule has 5 nitrogen and oxygen atoms in total. The van der Waals surface area contributed by atoms with Crippen molar-refractivity contribution in [2.24, 2.45) is 0 Å². The molecule has 0 atom stereocenters. The molecule has 0 aromatic heterocycles. The van der Waals surface area contributed by atoms with Gasteiger partial charge in [-0.05, 0) is 30.2 Å². The smallest absolute Gasteiger partial charge is 0.233 e. The van der Waals surface area contributed by atoms with Gasteiger partial charge in [-0.25, -0.2) is 12.8 Å². The van der Waals surface area contributed by atoms with Gasteiger partial charge >= 0.3 is 0 Å². The lowest BCUT2D eigenvalue weighted by Crippen LogP contribution is -2.29. The average Bonchev–Trinajstić information content (AvgIpc) is 2.55. The molecule has 0 saturated heterocycles. The molecule has 124 valence electrons. The van der Waals surface area contributed by atoms with Crippen LogP contribution in [0.4, 0.5) is 4.39 Å². The van der Waals surface area contributed by atoms with Gasteiger partial charge in [0, 0.05) is 0 Å². The number of ether oxygens (including phenoxy) is 1. The van der Waals surface area contributed by atoms with E-state index in [4.69, 9.17) is 9.57 Å². The van der Waals surface area contributed by atoms with Gasteiger partial charge in [-0.3, -0.25) is 4.84 Å². The topological polar surface area (TPSA) is 64.6 Å². The van der Waals surface area contributed by atoms with Gasteiger partial charge in [-0.15, -0.1) is 0 Å². The predicted octanol–water partition coefficient (Wildman–Crippen LogP) is 2.30. The molecule has 0 amide bonds. The number of nitrogens with one attached hydrogen (secondary N) is 1. The van der Waals surface area contributed by atoms with Crippen molar-refractivity contribution in [3.63, 3.8) is 0 Å². The van der Waals surface area contributed by atoms with Gasteiger partial charge in [-0.1, -0.05) is 41.3 Å². The molecule has 23 heavy (non-hydrogen) atoms. The van der Waals surface area contributed by atoms with Crippen LogP contribution < -0.4 is 9.62 Å². The fourth-order valence-electron chi connectivity index (χ4n) is 1.84. The molecule has 0 aliphatic carbocycles. The summed E-state index contributed by atoms with van der Waals surface area (Å²) < 4.78 is 42.3. The minimum absolute atomic E-state index is 0.0633. The third kappa shape index (κ3) is 6.35. The molecule has 0 aliphatic heterocycles. The maximum atomic E-state index is 13.4. The fraction of sp³-hybridized carbons (Fsp3) is 0.250. The summed E-state index contributed by atoms with van der Waals surface area (Å²) >= 11 is 0. The first-order valence-electron chi connectivity index (χ1n) is 7.09. The zero-order valence-electron chi connectivity index (χ0n) is 12.4. The zero-order valence-corrected chi connectivity index (χ0v) is 13.3. The third-order valence-electron chi connectivity index (χ3n) is 2.98. The molecule has 0 radical (unpaired) electrons. The van der Waals surface area contributed by atoms with Crippen LogP contribution in [0.3, 0.4) is 0 Å². The van der Waals surface area contributed by atoms with E-state index in [1.54, 1.807) is 30.3 Å². The molecule has 0 bridgehead atoms. The van der Waals surface area contributed by atoms with Crippen LogP contribution in [0.25, 0.3) is 0 Å². The van der Waals surface area contributed by atoms with Gasteiger partial charge in [0.15, 0.2) is 0 Å². The largest absolute Gasteiger partial charge is 0.491 e. The van der Waals surface area contributed by atoms with E-state index in [9.17, 15) is 12.8 Å². The molecule has 1 N–H and O–H groups in total. The number of halogens is 1. The molecule has 2 aromatic rings. The van der Waals surface area contributed by atoms with E-state index in [1.165, 1.54) is 6.07 Å². The van der Waals surface area contributed by atoms with Gasteiger partial charge < -0.3 is 4.74 Å². The van der Waals surface area contributed by atoms with E-state index in [1.807, 2.05) is 23.1 Å². The molecule has 0 saturated carbocycles. The Balaban J connectivity index is 1.67. The van der Waals surface area contributed by atoms with Crippen LogP contribution in [-0.2, 0) is 21.3 Å². The molecule has 2 aromatic carbocycles. The van der Waals surface area contributed by atoms with Crippen molar-refractivity contribution in [3.05, 3.63) is 66.0 Å². The number of rotatable bonds is 9. The van der Waals surface area contributed by atoms with Crippen molar-refractivity contribution in [1.29, 1.82) is 0 Å². The lowest BCUT2D eigenvalue weighted by atomic mass is 10.2. The van der Waals surface area contributed by atoms with Crippen LogP contribution in [0, 0.1) is 5.82 Å². The summed E-state index contributed by atoms with van der Waals surface area (Å²) in [6.45, 7) is 0.271. The summed E-state index contributed by atoms with van der Waals surface area (Å²) in [7, 11) is -3.64. The Hall–Kier alpha value is -1.96. The van der Waals surface area contributed by atoms with Crippen LogP contribution in [0.2, 0.25) is 0 Å². The fourth-order valence-corrected chi connectivity index (χ4v) is 2.67. The van der Waals surface area contributed by atoms with Crippen molar-refractivity contribution in [3.8, 4) is 5.75 Å². The summed E-state index contributed by atoms with van der Waals surface area (Å²) in [6.07, 6.45) is 0.0753. The normalized spacial score (nSPS) is 11.3. The zero-order chi connectivity index (χ0) is 16.5. The van der Waals surface area contributed by atoms with Crippen LogP contribution in [-0.4, -0.2) is 27.4 Å². The maximum absolute atomic E-state index is 13.4. The molecule has 0 heterocycles. The standard InChI is InChI=1S/C16H18FNO4S/c17-16-9-5-4-6-14(16)10-13-23(19,20)18-22-12-11-21-15-7-2-1-3-8-15/h1-9,18H,10-13H2. The molecule has 2 rings (SSSR count). The average molecular weight is 339 g/mol. The minimum Gasteiger partial charge on any atom is -0.491 e. The Labute approximate surface area is 135 Å². The molecule has 7 heteroatoms. The molecule has 0 fully saturated rings. The molecule has 0 spiro atoms. The van der Waals surface area contributed by atoms with Gasteiger partial charge in [0.1, 0.15) is 24.8 Å². The highest BCUT2D eigenvalue weighted by Gasteiger charge is 2.12. The summed E-state index contributed by atoms with van der Waals surface area (Å²) in [5.41, 5.74) is 0.352. The van der Waals surface area contributed by atoms with Crippen molar-refractivity contribution < 1.29 is 22.4 Å². The van der Waals surface area contributed by atoms with Gasteiger partial charge in [-0.2, -0.15) is 0 Å². The van der Waals surface area contributed by atoms with Gasteiger partial charge in [0.25, 0.3) is 0 Å². The number of para-hydroxylation sites is 1. The molecular formula is C16H18FNO4S. The van der Waals surface area contributed by atoms with E-state index in [2.05, 4.69) is 0 Å². The number of hydrogen-bond donors (Lipinski definition) is 1. The monoisotopic (exact) mass is 339 g/mol. The quantitative estimate of drug-likeness (QED) is 0.562. The number of benzene rings is 2. The summed E-state index contributed by atoms with van der Waals surface area (Å²) in [5, 5.41) is 0. The van der Waals surface area contributed by atoms with Gasteiger partial charge in [0.05, 0.1) is 5.75 Å². The Bertz CT molecular complexity index is 707. The van der Waals surface area contributed by atoms with Gasteiger partial charge in [0.2, 0.25) is 10.0 Å². The third-order valence-corrected chi connectivity index (χ3v) is 4.09. The first-order chi connectivity index (χ1) is 11.1. The lowest BCUT2D eigenvalue weighted by molar-refractivity contribution is 0.0666. The molecular weight excluding hydrogens is 321 g/mol. The van der Waals surface area contributed by atoms with Crippen molar-refractivity contribution in [2.45, 2.75) is 6.42 Å². The van der Waals surface area contributed by atoms with E-state index in [0.717, 1.165) is 0 Å². The predicted molar refractivity (Wildman–Crippen MR) is 84.9 cm³/mol. The number of hydrogen-bond acceptors (Lipinski definition) is 4. The first-order valence-corrected chi connectivity index (χ1v) is 8.74. The van der Waals surface area contributed by atoms with Crippen LogP contribution >= 0.6 is 0 Å². The number of aryl methyl sites for hydroxylation is 1. The Kier molecular flexibility index (Phi) is 6.52. The Morgan fingerprint density at radius 2 is 1.65 bits per heavy atom. The lowest BCUT2D eigenvalue weighted by Gasteiger charge is -2.09. The summed E-state index contributed by atoms with van der Waals surface area (Å²) in [5.74, 6) is 0.00593. The van der Waals surface area contributed by atoms with Crippen LogP contribution in [0.5, 0.6) is 5.75 Å². The van der Waals surface area contributed by atoms with E-state index in [0.29, 0.717) is 11.3 Å². The van der Waals surface area contributed by atoms with Crippen molar-refractivity contribution in [1.82, 2.24) is 4.89 Å². The highest BCUT2D eigenvalue weighted by atomic mass is 32.2. The molecule has 0 unspecified atom stereocenters. The van der Waals surface area contributed by atoms with Crippen molar-refractivity contribution in [2.75, 3.05) is 19.0 Å². The number of sulfonamides is 1. The van der Waals surface area contributed by atoms with Crippen LogP contribution in [0.1, 0.15) is 5.56 Å². The summed E-state index contributed by atoms with van der Waals surface area (Å²) in [4.78, 5) is 6.89. The highest BCUT2D eigenvalue weighted by Crippen LogP contribution is 2.08. The SMILES string of the molecule is O=S(=O)(CCc1ccccc1F)NOCCOc1ccccc1.